The van der Waals surface area contributed by atoms with Crippen LogP contribution in [-0.4, -0.2) is 38.1 Å². The highest BCUT2D eigenvalue weighted by atomic mass is 35.5. The van der Waals surface area contributed by atoms with Crippen molar-refractivity contribution in [3.8, 4) is 5.75 Å². The van der Waals surface area contributed by atoms with Crippen molar-refractivity contribution in [2.45, 2.75) is 19.9 Å². The molecular formula is C20H26ClN3O3. The molecule has 2 amide bonds. The normalized spacial score (nSPS) is 11.1. The number of carbonyl (C=O) groups is 2. The summed E-state index contributed by atoms with van der Waals surface area (Å²) in [7, 11) is 1.57. The van der Waals surface area contributed by atoms with Crippen LogP contribution in [0.1, 0.15) is 34.6 Å². The number of ether oxygens (including phenoxy) is 1. The Morgan fingerprint density at radius 2 is 1.70 bits per heavy atom. The predicted molar refractivity (Wildman–Crippen MR) is 110 cm³/mol. The van der Waals surface area contributed by atoms with Crippen LogP contribution >= 0.6 is 12.4 Å². The number of rotatable bonds is 8. The lowest BCUT2D eigenvalue weighted by Crippen LogP contribution is -2.39. The highest BCUT2D eigenvalue weighted by molar-refractivity contribution is 6.09. The van der Waals surface area contributed by atoms with Crippen molar-refractivity contribution in [3.05, 3.63) is 59.7 Å². The fourth-order valence-corrected chi connectivity index (χ4v) is 2.49. The Labute approximate surface area is 166 Å². The molecule has 0 aromatic heterocycles. The molecule has 7 heteroatoms. The van der Waals surface area contributed by atoms with Crippen molar-refractivity contribution in [1.29, 1.82) is 0 Å². The molecule has 27 heavy (non-hydrogen) atoms. The van der Waals surface area contributed by atoms with Crippen LogP contribution in [0.25, 0.3) is 0 Å². The number of amides is 2. The maximum atomic E-state index is 12.5. The summed E-state index contributed by atoms with van der Waals surface area (Å²) in [5.74, 6) is 0.172. The van der Waals surface area contributed by atoms with Gasteiger partial charge in [-0.1, -0.05) is 19.1 Å². The largest absolute Gasteiger partial charge is 0.497 e. The number of hydrogen-bond acceptors (Lipinski definition) is 4. The molecule has 2 rings (SSSR count). The molecule has 2 aromatic rings. The van der Waals surface area contributed by atoms with E-state index in [0.717, 1.165) is 6.54 Å². The molecule has 0 heterocycles. The minimum Gasteiger partial charge on any atom is -0.497 e. The van der Waals surface area contributed by atoms with Gasteiger partial charge in [0.05, 0.1) is 18.4 Å². The molecular weight excluding hydrogens is 366 g/mol. The molecule has 6 nitrogen and oxygen atoms in total. The number of para-hydroxylation sites is 1. The molecule has 1 atom stereocenters. The first-order valence-corrected chi connectivity index (χ1v) is 8.61. The Balaban J connectivity index is 0.00000364. The molecule has 3 N–H and O–H groups in total. The maximum Gasteiger partial charge on any atom is 0.255 e. The van der Waals surface area contributed by atoms with E-state index in [2.05, 4.69) is 16.0 Å². The first kappa shape index (κ1) is 22.5. The van der Waals surface area contributed by atoms with E-state index in [-0.39, 0.29) is 30.3 Å². The Hall–Kier alpha value is -2.57. The van der Waals surface area contributed by atoms with Gasteiger partial charge in [0, 0.05) is 18.2 Å². The summed E-state index contributed by atoms with van der Waals surface area (Å²) >= 11 is 0. The van der Waals surface area contributed by atoms with E-state index in [1.807, 2.05) is 13.8 Å². The first-order valence-electron chi connectivity index (χ1n) is 8.61. The molecule has 0 aliphatic carbocycles. The molecule has 0 aliphatic heterocycles. The highest BCUT2D eigenvalue weighted by Gasteiger charge is 2.14. The second-order valence-electron chi connectivity index (χ2n) is 5.90. The van der Waals surface area contributed by atoms with Crippen molar-refractivity contribution in [2.24, 2.45) is 0 Å². The van der Waals surface area contributed by atoms with Gasteiger partial charge in [-0.25, -0.2) is 0 Å². The van der Waals surface area contributed by atoms with Gasteiger partial charge in [0.25, 0.3) is 11.8 Å². The summed E-state index contributed by atoms with van der Waals surface area (Å²) in [6.45, 7) is 5.36. The van der Waals surface area contributed by atoms with E-state index in [1.165, 1.54) is 0 Å². The quantitative estimate of drug-likeness (QED) is 0.646. The van der Waals surface area contributed by atoms with Crippen molar-refractivity contribution in [1.82, 2.24) is 10.6 Å². The van der Waals surface area contributed by atoms with E-state index in [1.54, 1.807) is 55.6 Å². The number of hydrogen-bond donors (Lipinski definition) is 3. The highest BCUT2D eigenvalue weighted by Crippen LogP contribution is 2.17. The van der Waals surface area contributed by atoms with E-state index >= 15 is 0 Å². The summed E-state index contributed by atoms with van der Waals surface area (Å²) in [5.41, 5.74) is 1.39. The van der Waals surface area contributed by atoms with Gasteiger partial charge in [-0.3, -0.25) is 9.59 Å². The lowest BCUT2D eigenvalue weighted by molar-refractivity contribution is 0.0951. The molecule has 0 saturated heterocycles. The number of methoxy groups -OCH3 is 1. The number of benzene rings is 2. The third-order valence-corrected chi connectivity index (χ3v) is 3.89. The monoisotopic (exact) mass is 391 g/mol. The molecule has 2 aromatic carbocycles. The van der Waals surface area contributed by atoms with Gasteiger partial charge in [0.1, 0.15) is 5.75 Å². The van der Waals surface area contributed by atoms with Gasteiger partial charge in [-0.15, -0.1) is 12.4 Å². The number of likely N-dealkylation sites (N-methyl/N-ethyl adjacent to an activating group) is 1. The van der Waals surface area contributed by atoms with Crippen molar-refractivity contribution < 1.29 is 14.3 Å². The van der Waals surface area contributed by atoms with Crippen LogP contribution in [0, 0.1) is 0 Å². The predicted octanol–water partition coefficient (Wildman–Crippen LogP) is 3.10. The van der Waals surface area contributed by atoms with Gasteiger partial charge >= 0.3 is 0 Å². The Morgan fingerprint density at radius 1 is 1.04 bits per heavy atom. The van der Waals surface area contributed by atoms with Crippen LogP contribution < -0.4 is 20.7 Å². The van der Waals surface area contributed by atoms with Crippen LogP contribution in [-0.2, 0) is 0 Å². The van der Waals surface area contributed by atoms with Gasteiger partial charge in [-0.2, -0.15) is 0 Å². The zero-order chi connectivity index (χ0) is 18.9. The summed E-state index contributed by atoms with van der Waals surface area (Å²) in [6, 6.07) is 13.9. The summed E-state index contributed by atoms with van der Waals surface area (Å²) in [5, 5.41) is 8.92. The van der Waals surface area contributed by atoms with Gasteiger partial charge in [-0.05, 0) is 49.9 Å². The number of anilines is 1. The van der Waals surface area contributed by atoms with E-state index in [0.29, 0.717) is 29.1 Å². The average Bonchev–Trinajstić information content (AvgIpc) is 2.67. The molecule has 0 fully saturated rings. The standard InChI is InChI=1S/C20H25N3O3.ClH/c1-4-21-14(2)13-22-20(25)17-7-5-6-8-18(17)23-19(24)15-9-11-16(26-3)12-10-15;/h5-12,14,21H,4,13H2,1-3H3,(H,22,25)(H,23,24);1H/t14-;/m1./s1. The maximum absolute atomic E-state index is 12.5. The SMILES string of the molecule is CCN[C@H](C)CNC(=O)c1ccccc1NC(=O)c1ccc(OC)cc1.Cl. The van der Waals surface area contributed by atoms with Crippen molar-refractivity contribution in [2.75, 3.05) is 25.5 Å². The minimum atomic E-state index is -0.283. The molecule has 0 aliphatic rings. The van der Waals surface area contributed by atoms with Gasteiger partial charge in [0.2, 0.25) is 0 Å². The smallest absolute Gasteiger partial charge is 0.255 e. The van der Waals surface area contributed by atoms with Crippen LogP contribution in [0.2, 0.25) is 0 Å². The fraction of sp³-hybridized carbons (Fsp3) is 0.300. The second-order valence-corrected chi connectivity index (χ2v) is 5.90. The number of carbonyl (C=O) groups excluding carboxylic acids is 2. The third-order valence-electron chi connectivity index (χ3n) is 3.89. The van der Waals surface area contributed by atoms with Gasteiger partial charge in [0.15, 0.2) is 0 Å². The van der Waals surface area contributed by atoms with Crippen molar-refractivity contribution >= 4 is 29.9 Å². The van der Waals surface area contributed by atoms with Crippen LogP contribution in [0.15, 0.2) is 48.5 Å². The number of nitrogens with one attached hydrogen (secondary N) is 3. The lowest BCUT2D eigenvalue weighted by Gasteiger charge is -2.15. The molecule has 0 saturated carbocycles. The summed E-state index contributed by atoms with van der Waals surface area (Å²) in [4.78, 5) is 24.9. The summed E-state index contributed by atoms with van der Waals surface area (Å²) < 4.78 is 5.09. The fourth-order valence-electron chi connectivity index (χ4n) is 2.49. The lowest BCUT2D eigenvalue weighted by atomic mass is 10.1. The topological polar surface area (TPSA) is 79.5 Å². The van der Waals surface area contributed by atoms with Gasteiger partial charge < -0.3 is 20.7 Å². The van der Waals surface area contributed by atoms with Crippen molar-refractivity contribution in [3.63, 3.8) is 0 Å². The summed E-state index contributed by atoms with van der Waals surface area (Å²) in [6.07, 6.45) is 0. The van der Waals surface area contributed by atoms with Crippen LogP contribution in [0.3, 0.4) is 0 Å². The Morgan fingerprint density at radius 3 is 2.33 bits per heavy atom. The van der Waals surface area contributed by atoms with Crippen LogP contribution in [0.4, 0.5) is 5.69 Å². The third kappa shape index (κ3) is 6.58. The molecule has 0 spiro atoms. The van der Waals surface area contributed by atoms with Crippen LogP contribution in [0.5, 0.6) is 5.75 Å². The zero-order valence-electron chi connectivity index (χ0n) is 15.7. The van der Waals surface area contributed by atoms with E-state index < -0.39 is 0 Å². The minimum absolute atomic E-state index is 0. The zero-order valence-corrected chi connectivity index (χ0v) is 16.6. The second kappa shape index (κ2) is 11.2. The number of halogens is 1. The average molecular weight is 392 g/mol. The molecule has 0 bridgehead atoms. The Bertz CT molecular complexity index is 750. The van der Waals surface area contributed by atoms with E-state index in [9.17, 15) is 9.59 Å². The molecule has 0 radical (unpaired) electrons. The van der Waals surface area contributed by atoms with E-state index in [4.69, 9.17) is 4.74 Å². The first-order chi connectivity index (χ1) is 12.5. The Kier molecular flexibility index (Phi) is 9.33. The molecule has 0 unspecified atom stereocenters. The molecule has 146 valence electrons.